The molecule has 0 aliphatic heterocycles. The zero-order valence-electron chi connectivity index (χ0n) is 18.2. The number of hydrogen-bond acceptors (Lipinski definition) is 7. The lowest BCUT2D eigenvalue weighted by molar-refractivity contribution is 0.0947. The van der Waals surface area contributed by atoms with E-state index in [-0.39, 0.29) is 18.0 Å². The summed E-state index contributed by atoms with van der Waals surface area (Å²) in [7, 11) is 4.60. The number of carbonyl (C=O) groups excluding carboxylic acids is 1. The number of carbonyl (C=O) groups is 1. The molecule has 0 saturated heterocycles. The van der Waals surface area contributed by atoms with Crippen molar-refractivity contribution >= 4 is 5.91 Å². The Labute approximate surface area is 184 Å². The van der Waals surface area contributed by atoms with Crippen LogP contribution in [0.3, 0.4) is 0 Å². The Kier molecular flexibility index (Phi) is 6.11. The van der Waals surface area contributed by atoms with E-state index in [1.807, 2.05) is 0 Å². The van der Waals surface area contributed by atoms with E-state index in [4.69, 9.17) is 14.2 Å². The largest absolute Gasteiger partial charge is 0.493 e. The van der Waals surface area contributed by atoms with Gasteiger partial charge in [-0.05, 0) is 31.0 Å². The van der Waals surface area contributed by atoms with E-state index in [9.17, 15) is 9.59 Å². The molecule has 2 heterocycles. The third kappa shape index (κ3) is 4.43. The third-order valence-corrected chi connectivity index (χ3v) is 5.32. The summed E-state index contributed by atoms with van der Waals surface area (Å²) < 4.78 is 17.6. The van der Waals surface area contributed by atoms with Gasteiger partial charge in [-0.1, -0.05) is 0 Å². The van der Waals surface area contributed by atoms with Crippen molar-refractivity contribution in [3.8, 4) is 28.5 Å². The van der Waals surface area contributed by atoms with Crippen LogP contribution in [-0.2, 0) is 6.54 Å². The third-order valence-electron chi connectivity index (χ3n) is 5.32. The molecule has 10 nitrogen and oxygen atoms in total. The molecule has 2 N–H and O–H groups in total. The number of ether oxygens (including phenoxy) is 3. The van der Waals surface area contributed by atoms with Gasteiger partial charge in [0.2, 0.25) is 5.75 Å². The van der Waals surface area contributed by atoms with E-state index in [1.54, 1.807) is 30.6 Å². The molecule has 1 aromatic carbocycles. The molecule has 2 aromatic heterocycles. The Bertz CT molecular complexity index is 1160. The minimum Gasteiger partial charge on any atom is -0.493 e. The van der Waals surface area contributed by atoms with Gasteiger partial charge in [0.05, 0.1) is 39.0 Å². The molecule has 1 saturated carbocycles. The number of methoxy groups -OCH3 is 3. The summed E-state index contributed by atoms with van der Waals surface area (Å²) in [4.78, 5) is 29.0. The molecule has 4 rings (SSSR count). The molecule has 0 atom stereocenters. The van der Waals surface area contributed by atoms with Crippen LogP contribution in [-0.4, -0.2) is 53.5 Å². The van der Waals surface area contributed by atoms with Gasteiger partial charge in [0.15, 0.2) is 11.5 Å². The van der Waals surface area contributed by atoms with Gasteiger partial charge >= 0.3 is 0 Å². The first kappa shape index (κ1) is 21.4. The van der Waals surface area contributed by atoms with Crippen LogP contribution in [0.15, 0.2) is 35.4 Å². The first-order valence-electron chi connectivity index (χ1n) is 10.2. The zero-order valence-corrected chi connectivity index (χ0v) is 18.2. The highest BCUT2D eigenvalue weighted by Crippen LogP contribution is 2.41. The number of nitrogens with zero attached hydrogens (tertiary/aromatic N) is 3. The molecule has 1 amide bonds. The summed E-state index contributed by atoms with van der Waals surface area (Å²) in [6.45, 7) is 0.609. The summed E-state index contributed by atoms with van der Waals surface area (Å²) in [6, 6.07) is 6.72. The normalized spacial score (nSPS) is 13.0. The van der Waals surface area contributed by atoms with Gasteiger partial charge in [0.25, 0.3) is 11.5 Å². The van der Waals surface area contributed by atoms with Crippen LogP contribution in [0.4, 0.5) is 0 Å². The van der Waals surface area contributed by atoms with Gasteiger partial charge in [0, 0.05) is 30.6 Å². The Balaban J connectivity index is 1.41. The van der Waals surface area contributed by atoms with Crippen LogP contribution < -0.4 is 25.1 Å². The predicted molar refractivity (Wildman–Crippen MR) is 116 cm³/mol. The molecule has 10 heteroatoms. The van der Waals surface area contributed by atoms with Crippen molar-refractivity contribution in [3.05, 3.63) is 52.3 Å². The topological polar surface area (TPSA) is 120 Å². The molecule has 1 aliphatic carbocycles. The van der Waals surface area contributed by atoms with E-state index >= 15 is 0 Å². The molecule has 0 bridgehead atoms. The Morgan fingerprint density at radius 3 is 2.44 bits per heavy atom. The monoisotopic (exact) mass is 439 g/mol. The molecule has 3 aromatic rings. The lowest BCUT2D eigenvalue weighted by Gasteiger charge is -2.13. The van der Waals surface area contributed by atoms with Crippen LogP contribution in [0, 0.1) is 0 Å². The Hall–Kier alpha value is -3.82. The number of nitrogens with one attached hydrogen (secondary N) is 2. The Morgan fingerprint density at radius 2 is 1.84 bits per heavy atom. The van der Waals surface area contributed by atoms with E-state index in [0.29, 0.717) is 46.7 Å². The van der Waals surface area contributed by atoms with Crippen molar-refractivity contribution < 1.29 is 19.0 Å². The summed E-state index contributed by atoms with van der Waals surface area (Å²) >= 11 is 0. The lowest BCUT2D eigenvalue weighted by Crippen LogP contribution is -2.31. The number of hydrogen-bond donors (Lipinski definition) is 2. The second kappa shape index (κ2) is 9.13. The van der Waals surface area contributed by atoms with Gasteiger partial charge in [-0.25, -0.2) is 4.98 Å². The quantitative estimate of drug-likeness (QED) is 0.523. The van der Waals surface area contributed by atoms with Crippen molar-refractivity contribution in [2.24, 2.45) is 0 Å². The van der Waals surface area contributed by atoms with Crippen molar-refractivity contribution in [2.75, 3.05) is 27.9 Å². The molecule has 0 radical (unpaired) electrons. The standard InChI is InChI=1S/C22H25N5O5/c1-30-18-8-14(9-19(31-2)21(18)32-3)16-10-17(26-25-16)22(29)23-6-7-27-12-24-15(11-20(27)28)13-4-5-13/h8-13H,4-7H2,1-3H3,(H,23,29)(H,25,26). The van der Waals surface area contributed by atoms with Gasteiger partial charge in [-0.15, -0.1) is 0 Å². The zero-order chi connectivity index (χ0) is 22.7. The maximum absolute atomic E-state index is 12.5. The average Bonchev–Trinajstić information content (AvgIpc) is 3.54. The van der Waals surface area contributed by atoms with Gasteiger partial charge in [0.1, 0.15) is 5.69 Å². The van der Waals surface area contributed by atoms with E-state index < -0.39 is 0 Å². The fourth-order valence-electron chi connectivity index (χ4n) is 3.41. The minimum atomic E-state index is -0.327. The Morgan fingerprint density at radius 1 is 1.12 bits per heavy atom. The molecular formula is C22H25N5O5. The number of aromatic amines is 1. The highest BCUT2D eigenvalue weighted by molar-refractivity contribution is 5.93. The number of amides is 1. The number of aromatic nitrogens is 4. The molecule has 0 unspecified atom stereocenters. The minimum absolute atomic E-state index is 0.109. The first-order valence-corrected chi connectivity index (χ1v) is 10.2. The smallest absolute Gasteiger partial charge is 0.269 e. The fraction of sp³-hybridized carbons (Fsp3) is 0.364. The van der Waals surface area contributed by atoms with Crippen molar-refractivity contribution in [1.82, 2.24) is 25.1 Å². The molecule has 32 heavy (non-hydrogen) atoms. The SMILES string of the molecule is COc1cc(-c2cc(C(=O)NCCn3cnc(C4CC4)cc3=O)[nH]n2)cc(OC)c1OC. The van der Waals surface area contributed by atoms with Crippen LogP contribution in [0.1, 0.15) is 34.9 Å². The number of benzene rings is 1. The molecule has 0 spiro atoms. The summed E-state index contributed by atoms with van der Waals surface area (Å²) in [5, 5.41) is 9.75. The fourth-order valence-corrected chi connectivity index (χ4v) is 3.41. The van der Waals surface area contributed by atoms with Crippen molar-refractivity contribution in [1.29, 1.82) is 0 Å². The molecule has 1 fully saturated rings. The summed E-state index contributed by atoms with van der Waals surface area (Å²) in [5.74, 6) is 1.55. The highest BCUT2D eigenvalue weighted by atomic mass is 16.5. The second-order valence-corrected chi connectivity index (χ2v) is 7.46. The number of rotatable bonds is 9. The molecular weight excluding hydrogens is 414 g/mol. The van der Waals surface area contributed by atoms with E-state index in [0.717, 1.165) is 18.5 Å². The molecule has 168 valence electrons. The van der Waals surface area contributed by atoms with E-state index in [2.05, 4.69) is 20.5 Å². The maximum Gasteiger partial charge on any atom is 0.269 e. The highest BCUT2D eigenvalue weighted by Gasteiger charge is 2.25. The average molecular weight is 439 g/mol. The van der Waals surface area contributed by atoms with Crippen molar-refractivity contribution in [3.63, 3.8) is 0 Å². The summed E-state index contributed by atoms with van der Waals surface area (Å²) in [5.41, 5.74) is 2.28. The maximum atomic E-state index is 12.5. The number of H-pyrrole nitrogens is 1. The van der Waals surface area contributed by atoms with Crippen LogP contribution in [0.25, 0.3) is 11.3 Å². The lowest BCUT2D eigenvalue weighted by atomic mass is 10.1. The van der Waals surface area contributed by atoms with Gasteiger partial charge in [-0.2, -0.15) is 5.10 Å². The van der Waals surface area contributed by atoms with Crippen LogP contribution >= 0.6 is 0 Å². The first-order chi connectivity index (χ1) is 15.5. The van der Waals surface area contributed by atoms with Gasteiger partial charge in [-0.3, -0.25) is 19.3 Å². The van der Waals surface area contributed by atoms with Crippen LogP contribution in [0.5, 0.6) is 17.2 Å². The van der Waals surface area contributed by atoms with Crippen LogP contribution in [0.2, 0.25) is 0 Å². The second-order valence-electron chi connectivity index (χ2n) is 7.46. The predicted octanol–water partition coefficient (Wildman–Crippen LogP) is 1.97. The van der Waals surface area contributed by atoms with Gasteiger partial charge < -0.3 is 19.5 Å². The van der Waals surface area contributed by atoms with Crippen molar-refractivity contribution in [2.45, 2.75) is 25.3 Å². The molecule has 1 aliphatic rings. The van der Waals surface area contributed by atoms with E-state index in [1.165, 1.54) is 25.9 Å². The summed E-state index contributed by atoms with van der Waals surface area (Å²) in [6.07, 6.45) is 3.73.